The Morgan fingerprint density at radius 2 is 2.11 bits per heavy atom. The zero-order valence-electron chi connectivity index (χ0n) is 11.4. The van der Waals surface area contributed by atoms with E-state index < -0.39 is 0 Å². The Bertz CT molecular complexity index is 443. The molecule has 2 aliphatic rings. The quantitative estimate of drug-likeness (QED) is 0.812. The van der Waals surface area contributed by atoms with Gasteiger partial charge in [-0.05, 0) is 44.4 Å². The number of carbonyl (C=O) groups is 1. The predicted molar refractivity (Wildman–Crippen MR) is 76.3 cm³/mol. The number of amides is 2. The molecule has 0 aromatic heterocycles. The summed E-state index contributed by atoms with van der Waals surface area (Å²) in [5, 5.41) is 6.50. The zero-order chi connectivity index (χ0) is 13.2. The van der Waals surface area contributed by atoms with Crippen molar-refractivity contribution in [2.75, 3.05) is 25.0 Å². The number of nitrogens with zero attached hydrogens (tertiary/aromatic N) is 1. The van der Waals surface area contributed by atoms with E-state index in [0.717, 1.165) is 25.3 Å². The topological polar surface area (TPSA) is 44.4 Å². The second kappa shape index (κ2) is 5.21. The number of benzene rings is 1. The average Bonchev–Trinajstić information content (AvgIpc) is 2.85. The minimum Gasteiger partial charge on any atom is -0.323 e. The third-order valence-electron chi connectivity index (χ3n) is 4.19. The first kappa shape index (κ1) is 12.5. The predicted octanol–water partition coefficient (Wildman–Crippen LogP) is 2.21. The van der Waals surface area contributed by atoms with Gasteiger partial charge in [-0.2, -0.15) is 0 Å². The molecular formula is C15H21N3O. The van der Waals surface area contributed by atoms with Crippen LogP contribution in [0.15, 0.2) is 24.3 Å². The highest BCUT2D eigenvalue weighted by Gasteiger charge is 2.36. The van der Waals surface area contributed by atoms with Crippen LogP contribution in [0.1, 0.15) is 18.4 Å². The van der Waals surface area contributed by atoms with Crippen molar-refractivity contribution in [3.8, 4) is 0 Å². The molecule has 1 aromatic rings. The van der Waals surface area contributed by atoms with E-state index in [1.807, 2.05) is 36.1 Å². The smallest absolute Gasteiger partial charge is 0.321 e. The Hall–Kier alpha value is -1.55. The minimum atomic E-state index is 0.0278. The Labute approximate surface area is 114 Å². The van der Waals surface area contributed by atoms with Crippen LogP contribution < -0.4 is 10.6 Å². The molecule has 0 radical (unpaired) electrons. The number of fused-ring (bicyclic) bond motifs is 1. The monoisotopic (exact) mass is 259 g/mol. The molecule has 102 valence electrons. The first-order chi connectivity index (χ1) is 9.22. The van der Waals surface area contributed by atoms with Gasteiger partial charge in [0, 0.05) is 24.8 Å². The fourth-order valence-electron chi connectivity index (χ4n) is 3.05. The molecule has 1 aromatic carbocycles. The van der Waals surface area contributed by atoms with Crippen molar-refractivity contribution in [2.45, 2.75) is 25.8 Å². The van der Waals surface area contributed by atoms with Gasteiger partial charge in [-0.3, -0.25) is 0 Å². The Morgan fingerprint density at radius 1 is 1.32 bits per heavy atom. The van der Waals surface area contributed by atoms with E-state index in [4.69, 9.17) is 0 Å². The van der Waals surface area contributed by atoms with Crippen LogP contribution in [0.4, 0.5) is 10.5 Å². The van der Waals surface area contributed by atoms with E-state index in [0.29, 0.717) is 12.0 Å². The summed E-state index contributed by atoms with van der Waals surface area (Å²) in [5.74, 6) is 0.637. The minimum absolute atomic E-state index is 0.0278. The highest BCUT2D eigenvalue weighted by Crippen LogP contribution is 2.25. The molecular weight excluding hydrogens is 238 g/mol. The number of rotatable bonds is 1. The van der Waals surface area contributed by atoms with Crippen LogP contribution in [0, 0.1) is 12.8 Å². The number of hydrogen-bond donors (Lipinski definition) is 2. The summed E-state index contributed by atoms with van der Waals surface area (Å²) in [4.78, 5) is 14.2. The molecule has 0 aliphatic carbocycles. The number of carbonyl (C=O) groups excluding carboxylic acids is 1. The van der Waals surface area contributed by atoms with E-state index >= 15 is 0 Å². The zero-order valence-corrected chi connectivity index (χ0v) is 11.4. The lowest BCUT2D eigenvalue weighted by Gasteiger charge is -2.24. The van der Waals surface area contributed by atoms with Crippen LogP contribution in [-0.2, 0) is 0 Å². The lowest BCUT2D eigenvalue weighted by atomic mass is 9.94. The second-order valence-corrected chi connectivity index (χ2v) is 5.66. The molecule has 2 saturated heterocycles. The number of urea groups is 1. The molecule has 4 heteroatoms. The number of hydrogen-bond acceptors (Lipinski definition) is 2. The van der Waals surface area contributed by atoms with Crippen molar-refractivity contribution in [2.24, 2.45) is 5.92 Å². The van der Waals surface area contributed by atoms with Crippen LogP contribution in [0.3, 0.4) is 0 Å². The van der Waals surface area contributed by atoms with Crippen LogP contribution in [0.2, 0.25) is 0 Å². The fraction of sp³-hybridized carbons (Fsp3) is 0.533. The molecule has 0 bridgehead atoms. The number of piperidine rings is 1. The molecule has 0 unspecified atom stereocenters. The highest BCUT2D eigenvalue weighted by molar-refractivity contribution is 5.89. The Balaban J connectivity index is 1.60. The summed E-state index contributed by atoms with van der Waals surface area (Å²) in [5.41, 5.74) is 2.08. The van der Waals surface area contributed by atoms with Crippen LogP contribution in [0.25, 0.3) is 0 Å². The van der Waals surface area contributed by atoms with E-state index in [-0.39, 0.29) is 6.03 Å². The van der Waals surface area contributed by atoms with Gasteiger partial charge >= 0.3 is 6.03 Å². The van der Waals surface area contributed by atoms with E-state index in [1.54, 1.807) is 0 Å². The van der Waals surface area contributed by atoms with Crippen molar-refractivity contribution in [1.29, 1.82) is 0 Å². The van der Waals surface area contributed by atoms with Crippen LogP contribution in [0.5, 0.6) is 0 Å². The number of nitrogens with one attached hydrogen (secondary N) is 2. The van der Waals surface area contributed by atoms with Gasteiger partial charge in [0.25, 0.3) is 0 Å². The SMILES string of the molecule is Cc1ccc(NC(=O)N2C[C@@H]3CCCN[C@@H]3C2)cc1. The Kier molecular flexibility index (Phi) is 3.42. The van der Waals surface area contributed by atoms with Crippen molar-refractivity contribution in [1.82, 2.24) is 10.2 Å². The van der Waals surface area contributed by atoms with Gasteiger partial charge in [0.15, 0.2) is 0 Å². The number of aryl methyl sites for hydroxylation is 1. The number of anilines is 1. The number of likely N-dealkylation sites (tertiary alicyclic amines) is 1. The van der Waals surface area contributed by atoms with E-state index in [1.165, 1.54) is 18.4 Å². The molecule has 2 amide bonds. The maximum absolute atomic E-state index is 12.2. The molecule has 2 fully saturated rings. The standard InChI is InChI=1S/C15H21N3O/c1-11-4-6-13(7-5-11)17-15(19)18-9-12-3-2-8-16-14(12)10-18/h4-7,12,14,16H,2-3,8-10H2,1H3,(H,17,19)/t12-,14+/m0/s1. The lowest BCUT2D eigenvalue weighted by Crippen LogP contribution is -2.41. The van der Waals surface area contributed by atoms with Gasteiger partial charge < -0.3 is 15.5 Å². The summed E-state index contributed by atoms with van der Waals surface area (Å²) in [7, 11) is 0. The first-order valence-corrected chi connectivity index (χ1v) is 7.08. The van der Waals surface area contributed by atoms with Gasteiger partial charge in [0.1, 0.15) is 0 Å². The lowest BCUT2D eigenvalue weighted by molar-refractivity contribution is 0.220. The maximum atomic E-state index is 12.2. The van der Waals surface area contributed by atoms with Gasteiger partial charge in [-0.15, -0.1) is 0 Å². The molecule has 2 atom stereocenters. The van der Waals surface area contributed by atoms with Gasteiger partial charge in [-0.25, -0.2) is 4.79 Å². The largest absolute Gasteiger partial charge is 0.323 e. The highest BCUT2D eigenvalue weighted by atomic mass is 16.2. The fourth-order valence-corrected chi connectivity index (χ4v) is 3.05. The average molecular weight is 259 g/mol. The molecule has 2 aliphatic heterocycles. The van der Waals surface area contributed by atoms with Crippen molar-refractivity contribution >= 4 is 11.7 Å². The summed E-state index contributed by atoms with van der Waals surface area (Å²) < 4.78 is 0. The molecule has 19 heavy (non-hydrogen) atoms. The summed E-state index contributed by atoms with van der Waals surface area (Å²) in [6.45, 7) is 4.86. The molecule has 4 nitrogen and oxygen atoms in total. The van der Waals surface area contributed by atoms with Gasteiger partial charge in [0.2, 0.25) is 0 Å². The summed E-state index contributed by atoms with van der Waals surface area (Å²) in [6, 6.07) is 8.46. The second-order valence-electron chi connectivity index (χ2n) is 5.66. The molecule has 3 rings (SSSR count). The van der Waals surface area contributed by atoms with E-state index in [9.17, 15) is 4.79 Å². The molecule has 0 spiro atoms. The molecule has 0 saturated carbocycles. The van der Waals surface area contributed by atoms with Crippen molar-refractivity contribution in [3.63, 3.8) is 0 Å². The molecule has 2 heterocycles. The third kappa shape index (κ3) is 2.73. The van der Waals surface area contributed by atoms with Crippen LogP contribution >= 0.6 is 0 Å². The van der Waals surface area contributed by atoms with Crippen molar-refractivity contribution < 1.29 is 4.79 Å². The summed E-state index contributed by atoms with van der Waals surface area (Å²) in [6.07, 6.45) is 2.47. The van der Waals surface area contributed by atoms with Crippen LogP contribution in [-0.4, -0.2) is 36.6 Å². The third-order valence-corrected chi connectivity index (χ3v) is 4.19. The van der Waals surface area contributed by atoms with Crippen molar-refractivity contribution in [3.05, 3.63) is 29.8 Å². The van der Waals surface area contributed by atoms with Gasteiger partial charge in [0.05, 0.1) is 0 Å². The first-order valence-electron chi connectivity index (χ1n) is 7.08. The normalized spacial score (nSPS) is 26.1. The Morgan fingerprint density at radius 3 is 2.84 bits per heavy atom. The van der Waals surface area contributed by atoms with Gasteiger partial charge in [-0.1, -0.05) is 17.7 Å². The molecule has 2 N–H and O–H groups in total. The van der Waals surface area contributed by atoms with E-state index in [2.05, 4.69) is 10.6 Å². The summed E-state index contributed by atoms with van der Waals surface area (Å²) >= 11 is 0. The maximum Gasteiger partial charge on any atom is 0.321 e.